The molecule has 1 aromatic carbocycles. The second-order valence-electron chi connectivity index (χ2n) is 4.53. The maximum absolute atomic E-state index is 5.51. The average Bonchev–Trinajstić information content (AvgIpc) is 2.48. The number of aromatic nitrogens is 1. The topological polar surface area (TPSA) is 38.9 Å². The smallest absolute Gasteiger partial charge is 0.0957 e. The number of nitrogens with zero attached hydrogens (tertiary/aromatic N) is 1. The van der Waals surface area contributed by atoms with Crippen molar-refractivity contribution in [2.24, 2.45) is 5.73 Å². The Kier molecular flexibility index (Phi) is 5.43. The summed E-state index contributed by atoms with van der Waals surface area (Å²) in [7, 11) is 0. The number of unbranched alkanes of at least 4 members (excludes halogenated alkanes) is 1. The highest BCUT2D eigenvalue weighted by Gasteiger charge is 1.99. The van der Waals surface area contributed by atoms with E-state index < -0.39 is 0 Å². The van der Waals surface area contributed by atoms with Crippen LogP contribution in [0.3, 0.4) is 0 Å². The summed E-state index contributed by atoms with van der Waals surface area (Å²) in [4.78, 5) is 4.41. The van der Waals surface area contributed by atoms with Crippen molar-refractivity contribution in [1.29, 1.82) is 0 Å². The zero-order valence-electron chi connectivity index (χ0n) is 11.3. The van der Waals surface area contributed by atoms with Crippen LogP contribution in [0, 0.1) is 0 Å². The second-order valence-corrected chi connectivity index (χ2v) is 5.36. The van der Waals surface area contributed by atoms with E-state index in [0.29, 0.717) is 0 Å². The van der Waals surface area contributed by atoms with E-state index in [1.54, 1.807) is 11.8 Å². The van der Waals surface area contributed by atoms with Crippen molar-refractivity contribution in [3.8, 4) is 11.1 Å². The largest absolute Gasteiger partial charge is 0.330 e. The molecule has 0 aliphatic rings. The molecule has 0 spiro atoms. The molecule has 0 fully saturated rings. The lowest BCUT2D eigenvalue weighted by molar-refractivity contribution is 0.745. The van der Waals surface area contributed by atoms with Gasteiger partial charge in [-0.1, -0.05) is 30.3 Å². The van der Waals surface area contributed by atoms with Crippen molar-refractivity contribution < 1.29 is 0 Å². The van der Waals surface area contributed by atoms with Gasteiger partial charge in [-0.15, -0.1) is 11.8 Å². The first kappa shape index (κ1) is 14.1. The van der Waals surface area contributed by atoms with Crippen LogP contribution in [0.25, 0.3) is 11.1 Å². The van der Waals surface area contributed by atoms with Crippen LogP contribution >= 0.6 is 11.8 Å². The zero-order valence-corrected chi connectivity index (χ0v) is 12.1. The number of nitrogens with two attached hydrogens (primary N) is 1. The molecule has 0 aliphatic carbocycles. The lowest BCUT2D eigenvalue weighted by Gasteiger charge is -2.05. The van der Waals surface area contributed by atoms with E-state index in [-0.39, 0.29) is 0 Å². The van der Waals surface area contributed by atoms with Gasteiger partial charge in [0.2, 0.25) is 0 Å². The van der Waals surface area contributed by atoms with Crippen molar-refractivity contribution in [1.82, 2.24) is 4.98 Å². The van der Waals surface area contributed by atoms with E-state index >= 15 is 0 Å². The van der Waals surface area contributed by atoms with E-state index in [1.165, 1.54) is 23.1 Å². The summed E-state index contributed by atoms with van der Waals surface area (Å²) in [6.45, 7) is 0.783. The standard InChI is InChI=1S/C16H20N2S/c1-19-16-10-9-15(12-18-16)14-7-5-13(6-8-14)4-2-3-11-17/h5-10,12H,2-4,11,17H2,1H3. The average molecular weight is 272 g/mol. The summed E-state index contributed by atoms with van der Waals surface area (Å²) in [5.74, 6) is 0. The predicted octanol–water partition coefficient (Wildman–Crippen LogP) is 3.75. The van der Waals surface area contributed by atoms with Crippen molar-refractivity contribution in [3.63, 3.8) is 0 Å². The number of hydrogen-bond donors (Lipinski definition) is 1. The molecule has 1 aromatic heterocycles. The minimum absolute atomic E-state index is 0.783. The van der Waals surface area contributed by atoms with Gasteiger partial charge in [0.15, 0.2) is 0 Å². The minimum atomic E-state index is 0.783. The third kappa shape index (κ3) is 4.08. The molecule has 2 nitrogen and oxygen atoms in total. The fourth-order valence-corrected chi connectivity index (χ4v) is 2.37. The van der Waals surface area contributed by atoms with Crippen molar-refractivity contribution in [2.45, 2.75) is 24.3 Å². The molecule has 0 amide bonds. The number of rotatable bonds is 6. The highest BCUT2D eigenvalue weighted by atomic mass is 32.2. The molecule has 2 N–H and O–H groups in total. The van der Waals surface area contributed by atoms with E-state index in [0.717, 1.165) is 24.4 Å². The monoisotopic (exact) mass is 272 g/mol. The summed E-state index contributed by atoms with van der Waals surface area (Å²) < 4.78 is 0. The number of pyridine rings is 1. The molecule has 0 unspecified atom stereocenters. The summed E-state index contributed by atoms with van der Waals surface area (Å²) in [6, 6.07) is 12.9. The van der Waals surface area contributed by atoms with Gasteiger partial charge < -0.3 is 5.73 Å². The van der Waals surface area contributed by atoms with Gasteiger partial charge in [0.05, 0.1) is 5.03 Å². The summed E-state index contributed by atoms with van der Waals surface area (Å²) in [6.07, 6.45) is 7.36. The van der Waals surface area contributed by atoms with Gasteiger partial charge in [0.1, 0.15) is 0 Å². The zero-order chi connectivity index (χ0) is 13.5. The van der Waals surface area contributed by atoms with E-state index in [4.69, 9.17) is 5.73 Å². The van der Waals surface area contributed by atoms with Crippen LogP contribution in [0.15, 0.2) is 47.6 Å². The Labute approximate surface area is 119 Å². The molecule has 0 aliphatic heterocycles. The molecule has 0 atom stereocenters. The molecule has 2 rings (SSSR count). The summed E-state index contributed by atoms with van der Waals surface area (Å²) >= 11 is 1.67. The molecule has 0 radical (unpaired) electrons. The van der Waals surface area contributed by atoms with Gasteiger partial charge in [0, 0.05) is 11.8 Å². The molecule has 2 aromatic rings. The van der Waals surface area contributed by atoms with Gasteiger partial charge >= 0.3 is 0 Å². The van der Waals surface area contributed by atoms with Crippen LogP contribution in [-0.4, -0.2) is 17.8 Å². The highest BCUT2D eigenvalue weighted by molar-refractivity contribution is 7.98. The lowest BCUT2D eigenvalue weighted by Crippen LogP contribution is -1.98. The Hall–Kier alpha value is -1.32. The van der Waals surface area contributed by atoms with Crippen LogP contribution in [0.2, 0.25) is 0 Å². The van der Waals surface area contributed by atoms with E-state index in [9.17, 15) is 0 Å². The fourth-order valence-electron chi connectivity index (χ4n) is 2.01. The number of hydrogen-bond acceptors (Lipinski definition) is 3. The Bertz CT molecular complexity index is 491. The molecule has 3 heteroatoms. The van der Waals surface area contributed by atoms with Crippen molar-refractivity contribution in [2.75, 3.05) is 12.8 Å². The summed E-state index contributed by atoms with van der Waals surface area (Å²) in [5, 5.41) is 1.06. The molecule has 100 valence electrons. The molecular formula is C16H20N2S. The number of benzene rings is 1. The first-order chi connectivity index (χ1) is 9.33. The van der Waals surface area contributed by atoms with Gasteiger partial charge in [0.25, 0.3) is 0 Å². The van der Waals surface area contributed by atoms with Gasteiger partial charge in [-0.25, -0.2) is 4.98 Å². The minimum Gasteiger partial charge on any atom is -0.330 e. The van der Waals surface area contributed by atoms with Crippen LogP contribution < -0.4 is 5.73 Å². The number of thioether (sulfide) groups is 1. The first-order valence-corrected chi connectivity index (χ1v) is 7.85. The van der Waals surface area contributed by atoms with Crippen LogP contribution in [0.1, 0.15) is 18.4 Å². The maximum Gasteiger partial charge on any atom is 0.0957 e. The molecule has 1 heterocycles. The van der Waals surface area contributed by atoms with Crippen LogP contribution in [0.5, 0.6) is 0 Å². The van der Waals surface area contributed by atoms with Crippen molar-refractivity contribution >= 4 is 11.8 Å². The number of aryl methyl sites for hydroxylation is 1. The fraction of sp³-hybridized carbons (Fsp3) is 0.312. The Morgan fingerprint density at radius 1 is 1.00 bits per heavy atom. The van der Waals surface area contributed by atoms with Crippen LogP contribution in [0.4, 0.5) is 0 Å². The SMILES string of the molecule is CSc1ccc(-c2ccc(CCCCN)cc2)cn1. The predicted molar refractivity (Wildman–Crippen MR) is 83.4 cm³/mol. The second kappa shape index (κ2) is 7.31. The van der Waals surface area contributed by atoms with E-state index in [2.05, 4.69) is 41.4 Å². The Morgan fingerprint density at radius 2 is 1.74 bits per heavy atom. The Morgan fingerprint density at radius 3 is 2.32 bits per heavy atom. The van der Waals surface area contributed by atoms with Gasteiger partial charge in [-0.3, -0.25) is 0 Å². The highest BCUT2D eigenvalue weighted by Crippen LogP contribution is 2.21. The van der Waals surface area contributed by atoms with Crippen molar-refractivity contribution in [3.05, 3.63) is 48.2 Å². The van der Waals surface area contributed by atoms with Gasteiger partial charge in [-0.05, 0) is 49.3 Å². The molecule has 0 saturated carbocycles. The third-order valence-electron chi connectivity index (χ3n) is 3.15. The molecule has 0 bridgehead atoms. The molecule has 0 saturated heterocycles. The third-order valence-corrected chi connectivity index (χ3v) is 3.81. The van der Waals surface area contributed by atoms with Gasteiger partial charge in [-0.2, -0.15) is 0 Å². The quantitative estimate of drug-likeness (QED) is 0.643. The molecule has 19 heavy (non-hydrogen) atoms. The first-order valence-electron chi connectivity index (χ1n) is 6.63. The van der Waals surface area contributed by atoms with E-state index in [1.807, 2.05) is 12.5 Å². The Balaban J connectivity index is 2.04. The normalized spacial score (nSPS) is 10.6. The van der Waals surface area contributed by atoms with Crippen LogP contribution in [-0.2, 0) is 6.42 Å². The maximum atomic E-state index is 5.51. The molecular weight excluding hydrogens is 252 g/mol. The summed E-state index contributed by atoms with van der Waals surface area (Å²) in [5.41, 5.74) is 9.29. The lowest BCUT2D eigenvalue weighted by atomic mass is 10.0.